The third kappa shape index (κ3) is 6.17. The number of nitrogens with zero attached hydrogens (tertiary/aromatic N) is 3. The second kappa shape index (κ2) is 10.7. The molecule has 1 fully saturated rings. The van der Waals surface area contributed by atoms with E-state index in [9.17, 15) is 4.79 Å². The fraction of sp³-hybridized carbons (Fsp3) is 0.375. The number of halogens is 1. The fourth-order valence-corrected chi connectivity index (χ4v) is 3.97. The number of aromatic nitrogens is 2. The zero-order valence-electron chi connectivity index (χ0n) is 18.1. The number of aryl methyl sites for hydroxylation is 1. The molecule has 0 bridgehead atoms. The number of rotatable bonds is 8. The molecular weight excluding hydrogens is 472 g/mol. The van der Waals surface area contributed by atoms with Crippen LogP contribution in [0.4, 0.5) is 0 Å². The molecule has 0 unspecified atom stereocenters. The van der Waals surface area contributed by atoms with Gasteiger partial charge in [-0.05, 0) is 69.3 Å². The zero-order valence-corrected chi connectivity index (χ0v) is 19.7. The molecule has 2 heterocycles. The number of likely N-dealkylation sites (tertiary alicyclic amines) is 1. The van der Waals surface area contributed by atoms with Gasteiger partial charge in [0.1, 0.15) is 12.4 Å². The Kier molecular flexibility index (Phi) is 7.55. The molecule has 4 rings (SSSR count). The molecule has 0 aliphatic carbocycles. The summed E-state index contributed by atoms with van der Waals surface area (Å²) in [4.78, 5) is 19.2. The SMILES string of the molecule is Cc1ccc(OCCNC(=O)C2CCN(Cc3nc(-c4ccc(Br)cc4)no3)CC2)cc1. The zero-order chi connectivity index (χ0) is 22.3. The maximum absolute atomic E-state index is 12.5. The standard InChI is InChI=1S/C24H27BrN4O3/c1-17-2-8-21(9-3-17)31-15-12-26-24(30)19-10-13-29(14-11-19)16-22-27-23(28-32-22)18-4-6-20(25)7-5-18/h2-9,19H,10-16H2,1H3,(H,26,30). The number of nitrogens with one attached hydrogen (secondary N) is 1. The van der Waals surface area contributed by atoms with Crippen molar-refractivity contribution in [3.8, 4) is 17.1 Å². The number of carbonyl (C=O) groups excluding carboxylic acids is 1. The number of benzene rings is 2. The number of amides is 1. The summed E-state index contributed by atoms with van der Waals surface area (Å²) in [5.41, 5.74) is 2.12. The topological polar surface area (TPSA) is 80.5 Å². The normalized spacial score (nSPS) is 14.9. The van der Waals surface area contributed by atoms with E-state index in [2.05, 4.69) is 36.3 Å². The molecule has 1 N–H and O–H groups in total. The fourth-order valence-electron chi connectivity index (χ4n) is 3.70. The van der Waals surface area contributed by atoms with Crippen LogP contribution < -0.4 is 10.1 Å². The van der Waals surface area contributed by atoms with Gasteiger partial charge in [0, 0.05) is 16.0 Å². The molecule has 2 aromatic carbocycles. The van der Waals surface area contributed by atoms with Crippen LogP contribution in [0.5, 0.6) is 5.75 Å². The Morgan fingerprint density at radius 3 is 2.59 bits per heavy atom. The Morgan fingerprint density at radius 1 is 1.16 bits per heavy atom. The van der Waals surface area contributed by atoms with E-state index < -0.39 is 0 Å². The lowest BCUT2D eigenvalue weighted by molar-refractivity contribution is -0.126. The lowest BCUT2D eigenvalue weighted by Gasteiger charge is -2.30. The minimum Gasteiger partial charge on any atom is -0.492 e. The first-order valence-electron chi connectivity index (χ1n) is 10.8. The molecule has 168 valence electrons. The van der Waals surface area contributed by atoms with Crippen LogP contribution in [0.3, 0.4) is 0 Å². The van der Waals surface area contributed by atoms with Crippen LogP contribution in [0, 0.1) is 12.8 Å². The van der Waals surface area contributed by atoms with Crippen LogP contribution in [-0.2, 0) is 11.3 Å². The van der Waals surface area contributed by atoms with E-state index >= 15 is 0 Å². The van der Waals surface area contributed by atoms with Crippen molar-refractivity contribution in [2.45, 2.75) is 26.3 Å². The summed E-state index contributed by atoms with van der Waals surface area (Å²) in [6.45, 7) is 5.27. The molecule has 0 atom stereocenters. The third-order valence-corrected chi connectivity index (χ3v) is 6.11. The molecule has 8 heteroatoms. The molecule has 32 heavy (non-hydrogen) atoms. The molecule has 1 amide bonds. The summed E-state index contributed by atoms with van der Waals surface area (Å²) in [6.07, 6.45) is 1.64. The molecular formula is C24H27BrN4O3. The Bertz CT molecular complexity index is 1010. The summed E-state index contributed by atoms with van der Waals surface area (Å²) >= 11 is 3.43. The van der Waals surface area contributed by atoms with E-state index in [4.69, 9.17) is 9.26 Å². The van der Waals surface area contributed by atoms with Gasteiger partial charge in [0.05, 0.1) is 13.1 Å². The summed E-state index contributed by atoms with van der Waals surface area (Å²) in [5.74, 6) is 2.15. The molecule has 3 aromatic rings. The summed E-state index contributed by atoms with van der Waals surface area (Å²) in [6, 6.07) is 15.7. The molecule has 1 aliphatic heterocycles. The first-order valence-corrected chi connectivity index (χ1v) is 11.6. The number of hydrogen-bond acceptors (Lipinski definition) is 6. The van der Waals surface area contributed by atoms with Gasteiger partial charge in [0.2, 0.25) is 17.6 Å². The van der Waals surface area contributed by atoms with Gasteiger partial charge < -0.3 is 14.6 Å². The predicted octanol–water partition coefficient (Wildman–Crippen LogP) is 4.21. The van der Waals surface area contributed by atoms with E-state index in [1.807, 2.05) is 55.5 Å². The lowest BCUT2D eigenvalue weighted by atomic mass is 9.96. The average Bonchev–Trinajstić information content (AvgIpc) is 3.27. The Labute approximate surface area is 196 Å². The monoisotopic (exact) mass is 498 g/mol. The van der Waals surface area contributed by atoms with E-state index in [1.54, 1.807) is 0 Å². The van der Waals surface area contributed by atoms with Gasteiger partial charge in [-0.25, -0.2) is 0 Å². The van der Waals surface area contributed by atoms with Crippen molar-refractivity contribution < 1.29 is 14.1 Å². The van der Waals surface area contributed by atoms with Crippen molar-refractivity contribution in [3.05, 3.63) is 64.5 Å². The molecule has 1 aromatic heterocycles. The Morgan fingerprint density at radius 2 is 1.88 bits per heavy atom. The molecule has 1 saturated heterocycles. The second-order valence-electron chi connectivity index (χ2n) is 8.02. The van der Waals surface area contributed by atoms with Crippen LogP contribution in [0.25, 0.3) is 11.4 Å². The van der Waals surface area contributed by atoms with Gasteiger partial charge in [-0.2, -0.15) is 4.98 Å². The van der Waals surface area contributed by atoms with E-state index in [-0.39, 0.29) is 11.8 Å². The highest BCUT2D eigenvalue weighted by Gasteiger charge is 2.25. The minimum absolute atomic E-state index is 0.0339. The van der Waals surface area contributed by atoms with E-state index in [1.165, 1.54) is 5.56 Å². The van der Waals surface area contributed by atoms with Crippen molar-refractivity contribution in [1.82, 2.24) is 20.4 Å². The summed E-state index contributed by atoms with van der Waals surface area (Å²) < 4.78 is 12.1. The first kappa shape index (κ1) is 22.5. The second-order valence-corrected chi connectivity index (χ2v) is 8.94. The van der Waals surface area contributed by atoms with E-state index in [0.717, 1.165) is 41.7 Å². The van der Waals surface area contributed by atoms with Crippen LogP contribution >= 0.6 is 15.9 Å². The van der Waals surface area contributed by atoms with Gasteiger partial charge in [-0.15, -0.1) is 0 Å². The maximum atomic E-state index is 12.5. The number of piperidine rings is 1. The molecule has 1 aliphatic rings. The highest BCUT2D eigenvalue weighted by Crippen LogP contribution is 2.22. The van der Waals surface area contributed by atoms with Crippen LogP contribution in [0.1, 0.15) is 24.3 Å². The highest BCUT2D eigenvalue weighted by molar-refractivity contribution is 9.10. The van der Waals surface area contributed by atoms with Crippen molar-refractivity contribution in [2.75, 3.05) is 26.2 Å². The summed E-state index contributed by atoms with van der Waals surface area (Å²) in [7, 11) is 0. The smallest absolute Gasteiger partial charge is 0.241 e. The lowest BCUT2D eigenvalue weighted by Crippen LogP contribution is -2.41. The van der Waals surface area contributed by atoms with Crippen LogP contribution in [0.2, 0.25) is 0 Å². The van der Waals surface area contributed by atoms with Gasteiger partial charge in [-0.3, -0.25) is 9.69 Å². The maximum Gasteiger partial charge on any atom is 0.241 e. The average molecular weight is 499 g/mol. The summed E-state index contributed by atoms with van der Waals surface area (Å²) in [5, 5.41) is 7.09. The van der Waals surface area contributed by atoms with Gasteiger partial charge in [0.15, 0.2) is 0 Å². The Hall–Kier alpha value is -2.71. The largest absolute Gasteiger partial charge is 0.492 e. The Balaban J connectivity index is 1.17. The van der Waals surface area contributed by atoms with Gasteiger partial charge in [-0.1, -0.05) is 38.8 Å². The van der Waals surface area contributed by atoms with Crippen LogP contribution in [0.15, 0.2) is 57.5 Å². The van der Waals surface area contributed by atoms with Crippen LogP contribution in [-0.4, -0.2) is 47.2 Å². The van der Waals surface area contributed by atoms with Gasteiger partial charge in [0.25, 0.3) is 0 Å². The molecule has 0 radical (unpaired) electrons. The van der Waals surface area contributed by atoms with Crippen molar-refractivity contribution in [2.24, 2.45) is 5.92 Å². The van der Waals surface area contributed by atoms with Crippen molar-refractivity contribution in [3.63, 3.8) is 0 Å². The quantitative estimate of drug-likeness (QED) is 0.468. The van der Waals surface area contributed by atoms with Gasteiger partial charge >= 0.3 is 0 Å². The number of hydrogen-bond donors (Lipinski definition) is 1. The van der Waals surface area contributed by atoms with Crippen molar-refractivity contribution >= 4 is 21.8 Å². The molecule has 7 nitrogen and oxygen atoms in total. The highest BCUT2D eigenvalue weighted by atomic mass is 79.9. The third-order valence-electron chi connectivity index (χ3n) is 5.58. The number of ether oxygens (including phenoxy) is 1. The number of carbonyl (C=O) groups is 1. The van der Waals surface area contributed by atoms with E-state index in [0.29, 0.717) is 31.4 Å². The molecule has 0 saturated carbocycles. The minimum atomic E-state index is 0.0339. The first-order chi connectivity index (χ1) is 15.6. The molecule has 0 spiro atoms. The van der Waals surface area contributed by atoms with Crippen molar-refractivity contribution in [1.29, 1.82) is 0 Å². The predicted molar refractivity (Wildman–Crippen MR) is 125 cm³/mol.